The second-order valence-electron chi connectivity index (χ2n) is 9.10. The van der Waals surface area contributed by atoms with Crippen molar-refractivity contribution in [1.29, 1.82) is 0 Å². The molecule has 1 saturated heterocycles. The van der Waals surface area contributed by atoms with E-state index in [9.17, 15) is 23.7 Å². The van der Waals surface area contributed by atoms with Crippen molar-refractivity contribution in [1.82, 2.24) is 10.6 Å². The van der Waals surface area contributed by atoms with Crippen molar-refractivity contribution in [2.24, 2.45) is 11.3 Å². The molecule has 3 unspecified atom stereocenters. The summed E-state index contributed by atoms with van der Waals surface area (Å²) in [7, 11) is -4.16. The van der Waals surface area contributed by atoms with Crippen LogP contribution in [0.1, 0.15) is 52.9 Å². The first-order chi connectivity index (χ1) is 16.4. The predicted octanol–water partition coefficient (Wildman–Crippen LogP) is 2.75. The molecule has 2 N–H and O–H groups in total. The normalized spacial score (nSPS) is 28.1. The fourth-order valence-corrected chi connectivity index (χ4v) is 5.94. The van der Waals surface area contributed by atoms with Crippen LogP contribution in [0, 0.1) is 11.3 Å². The number of carbonyl (C=O) groups excluding carboxylic acids is 4. The number of amides is 2. The minimum atomic E-state index is -4.16. The molecular weight excluding hydrogens is 523 g/mol. The molecule has 11 nitrogen and oxygen atoms in total. The van der Waals surface area contributed by atoms with Crippen molar-refractivity contribution in [2.45, 2.75) is 64.4 Å². The molecule has 0 aromatic rings. The van der Waals surface area contributed by atoms with Crippen LogP contribution in [-0.2, 0) is 42.1 Å². The topological polar surface area (TPSA) is 146 Å². The van der Waals surface area contributed by atoms with Gasteiger partial charge in [-0.25, -0.2) is 9.09 Å². The van der Waals surface area contributed by atoms with Gasteiger partial charge < -0.3 is 15.4 Å². The van der Waals surface area contributed by atoms with Gasteiger partial charge in [-0.15, -0.1) is 11.6 Å². The van der Waals surface area contributed by atoms with Crippen molar-refractivity contribution < 1.29 is 42.1 Å². The Balaban J connectivity index is 1.77. The lowest BCUT2D eigenvalue weighted by atomic mass is 9.87. The molecule has 14 heteroatoms. The zero-order chi connectivity index (χ0) is 26.1. The standard InChI is InChI=1S/C21H34ClN2O9PS/c1-14(25)35-10-9-23-17(26)7-8-24-19(27)18-21(2,3)12-31-34(29,33-18)32-13-30-20(28)15-5-4-6-16(22)11-15/h15-16,18H,4-13H2,1-3H3,(H,23,26)(H,24,27)/t15?,16?,18-,34?/m0/s1. The lowest BCUT2D eigenvalue weighted by molar-refractivity contribution is -0.160. The number of esters is 1. The molecule has 1 saturated carbocycles. The van der Waals surface area contributed by atoms with Crippen molar-refractivity contribution in [3.63, 3.8) is 0 Å². The minimum absolute atomic E-state index is 0.0224. The van der Waals surface area contributed by atoms with E-state index in [-0.39, 0.29) is 41.9 Å². The monoisotopic (exact) mass is 556 g/mol. The molecule has 1 aliphatic heterocycles. The molecule has 2 fully saturated rings. The van der Waals surface area contributed by atoms with Gasteiger partial charge in [0.25, 0.3) is 0 Å². The fraction of sp³-hybridized carbons (Fsp3) is 0.810. The van der Waals surface area contributed by atoms with Crippen LogP contribution in [0.25, 0.3) is 0 Å². The van der Waals surface area contributed by atoms with Crippen LogP contribution < -0.4 is 10.6 Å². The Morgan fingerprint density at radius 3 is 2.60 bits per heavy atom. The Bertz CT molecular complexity index is 829. The summed E-state index contributed by atoms with van der Waals surface area (Å²) >= 11 is 7.21. The van der Waals surface area contributed by atoms with Crippen molar-refractivity contribution in [3.8, 4) is 0 Å². The highest BCUT2D eigenvalue weighted by Gasteiger charge is 2.49. The summed E-state index contributed by atoms with van der Waals surface area (Å²) in [5, 5.41) is 5.13. The zero-order valence-corrected chi connectivity index (χ0v) is 22.7. The summed E-state index contributed by atoms with van der Waals surface area (Å²) in [5.74, 6) is -1.22. The van der Waals surface area contributed by atoms with E-state index in [1.807, 2.05) is 0 Å². The number of alkyl halides is 1. The highest BCUT2D eigenvalue weighted by Crippen LogP contribution is 2.57. The Morgan fingerprint density at radius 2 is 1.91 bits per heavy atom. The third kappa shape index (κ3) is 10.4. The number of hydrogen-bond donors (Lipinski definition) is 2. The van der Waals surface area contributed by atoms with Gasteiger partial charge in [0.15, 0.2) is 11.2 Å². The van der Waals surface area contributed by atoms with Crippen LogP contribution in [0.5, 0.6) is 0 Å². The molecule has 2 rings (SSSR count). The molecule has 0 aromatic carbocycles. The quantitative estimate of drug-likeness (QED) is 0.128. The van der Waals surface area contributed by atoms with Crippen LogP contribution in [0.2, 0.25) is 0 Å². The van der Waals surface area contributed by atoms with Gasteiger partial charge in [-0.1, -0.05) is 32.0 Å². The molecule has 4 atom stereocenters. The van der Waals surface area contributed by atoms with E-state index in [0.717, 1.165) is 24.6 Å². The second kappa shape index (κ2) is 13.9. The highest BCUT2D eigenvalue weighted by atomic mass is 35.5. The number of phosphoric ester groups is 1. The third-order valence-corrected chi connectivity index (χ3v) is 8.06. The Kier molecular flexibility index (Phi) is 12.0. The summed E-state index contributed by atoms with van der Waals surface area (Å²) in [5.41, 5.74) is -0.832. The lowest BCUT2D eigenvalue weighted by Crippen LogP contribution is -2.50. The number of nitrogens with one attached hydrogen (secondary N) is 2. The molecular formula is C21H34ClN2O9PS. The van der Waals surface area contributed by atoms with E-state index in [0.29, 0.717) is 25.1 Å². The van der Waals surface area contributed by atoms with E-state index < -0.39 is 38.0 Å². The maximum atomic E-state index is 12.9. The summed E-state index contributed by atoms with van der Waals surface area (Å²) in [6, 6.07) is 0. The molecule has 1 aliphatic carbocycles. The number of halogens is 1. The molecule has 35 heavy (non-hydrogen) atoms. The maximum Gasteiger partial charge on any atom is 0.478 e. The van der Waals surface area contributed by atoms with Crippen LogP contribution in [0.3, 0.4) is 0 Å². The van der Waals surface area contributed by atoms with E-state index in [1.54, 1.807) is 13.8 Å². The van der Waals surface area contributed by atoms with Crippen molar-refractivity contribution >= 4 is 54.1 Å². The third-order valence-electron chi connectivity index (χ3n) is 5.51. The Labute approximate surface area is 214 Å². The second-order valence-corrected chi connectivity index (χ2v) is 12.6. The van der Waals surface area contributed by atoms with Gasteiger partial charge in [-0.05, 0) is 19.3 Å². The van der Waals surface area contributed by atoms with Gasteiger partial charge in [-0.3, -0.25) is 28.2 Å². The fourth-order valence-electron chi connectivity index (χ4n) is 3.57. The molecule has 0 bridgehead atoms. The van der Waals surface area contributed by atoms with Crippen LogP contribution in [0.15, 0.2) is 0 Å². The average molecular weight is 557 g/mol. The molecule has 0 radical (unpaired) electrons. The first-order valence-corrected chi connectivity index (χ1v) is 14.4. The van der Waals surface area contributed by atoms with Crippen molar-refractivity contribution in [2.75, 3.05) is 32.2 Å². The average Bonchev–Trinajstić information content (AvgIpc) is 2.78. The lowest BCUT2D eigenvalue weighted by Gasteiger charge is -2.39. The van der Waals surface area contributed by atoms with E-state index in [2.05, 4.69) is 10.6 Å². The predicted molar refractivity (Wildman–Crippen MR) is 130 cm³/mol. The first-order valence-electron chi connectivity index (χ1n) is 11.5. The van der Waals surface area contributed by atoms with Gasteiger partial charge >= 0.3 is 13.8 Å². The van der Waals surface area contributed by atoms with Crippen molar-refractivity contribution in [3.05, 3.63) is 0 Å². The molecule has 2 aliphatic rings. The largest absolute Gasteiger partial charge is 0.478 e. The minimum Gasteiger partial charge on any atom is -0.438 e. The number of carbonyl (C=O) groups is 4. The Hall–Kier alpha value is -1.17. The SMILES string of the molecule is CC(=O)SCCNC(=O)CCNC(=O)[C@@H]1OP(=O)(OCOC(=O)C2CCCC(Cl)C2)OCC1(C)C. The summed E-state index contributed by atoms with van der Waals surface area (Å²) in [4.78, 5) is 47.6. The van der Waals surface area contributed by atoms with E-state index in [4.69, 9.17) is 29.9 Å². The first kappa shape index (κ1) is 30.1. The molecule has 1 heterocycles. The number of phosphoric acid groups is 1. The smallest absolute Gasteiger partial charge is 0.438 e. The number of hydrogen-bond acceptors (Lipinski definition) is 10. The van der Waals surface area contributed by atoms with Gasteiger partial charge in [0.05, 0.1) is 12.5 Å². The van der Waals surface area contributed by atoms with Crippen LogP contribution in [-0.4, -0.2) is 66.6 Å². The van der Waals surface area contributed by atoms with E-state index >= 15 is 0 Å². The number of rotatable bonds is 11. The molecule has 0 spiro atoms. The maximum absolute atomic E-state index is 12.9. The summed E-state index contributed by atoms with van der Waals surface area (Å²) in [6.45, 7) is 4.49. The number of ether oxygens (including phenoxy) is 1. The summed E-state index contributed by atoms with van der Waals surface area (Å²) in [6.07, 6.45) is 1.70. The zero-order valence-electron chi connectivity index (χ0n) is 20.2. The number of thioether (sulfide) groups is 1. The highest BCUT2D eigenvalue weighted by molar-refractivity contribution is 8.13. The van der Waals surface area contributed by atoms with Gasteiger partial charge in [0.2, 0.25) is 18.6 Å². The Morgan fingerprint density at radius 1 is 1.17 bits per heavy atom. The van der Waals surface area contributed by atoms with E-state index in [1.165, 1.54) is 6.92 Å². The van der Waals surface area contributed by atoms with Gasteiger partial charge in [0.1, 0.15) is 0 Å². The van der Waals surface area contributed by atoms with Crippen LogP contribution in [0.4, 0.5) is 0 Å². The van der Waals surface area contributed by atoms with Crippen LogP contribution >= 0.6 is 31.2 Å². The molecule has 2 amide bonds. The van der Waals surface area contributed by atoms with Gasteiger partial charge in [0, 0.05) is 43.0 Å². The summed E-state index contributed by atoms with van der Waals surface area (Å²) < 4.78 is 33.7. The van der Waals surface area contributed by atoms with Gasteiger partial charge in [-0.2, -0.15) is 0 Å². The molecule has 200 valence electrons. The molecule has 0 aromatic heterocycles.